The number of ether oxygens (including phenoxy) is 2. The maximum absolute atomic E-state index is 5.55. The van der Waals surface area contributed by atoms with Crippen molar-refractivity contribution in [2.45, 2.75) is 31.8 Å². The predicted molar refractivity (Wildman–Crippen MR) is 76.1 cm³/mol. The van der Waals surface area contributed by atoms with Crippen LogP contribution in [0.15, 0.2) is 24.3 Å². The van der Waals surface area contributed by atoms with E-state index in [9.17, 15) is 0 Å². The third-order valence-electron chi connectivity index (χ3n) is 3.43. The molecule has 1 unspecified atom stereocenters. The van der Waals surface area contributed by atoms with E-state index >= 15 is 0 Å². The average Bonchev–Trinajstić information content (AvgIpc) is 2.45. The van der Waals surface area contributed by atoms with Crippen LogP contribution in [0.5, 0.6) is 5.75 Å². The molecule has 0 bridgehead atoms. The molecule has 0 radical (unpaired) electrons. The van der Waals surface area contributed by atoms with Crippen molar-refractivity contribution in [2.24, 2.45) is 0 Å². The first-order valence-corrected chi connectivity index (χ1v) is 6.70. The summed E-state index contributed by atoms with van der Waals surface area (Å²) >= 11 is 0. The second-order valence-electron chi connectivity index (χ2n) is 5.17. The van der Waals surface area contributed by atoms with Gasteiger partial charge in [-0.3, -0.25) is 0 Å². The number of nitrogens with one attached hydrogen (secondary N) is 1. The SMILES string of the molecule is C#CCOc1ccccc1CNC1(C)CCCOC1. The fourth-order valence-electron chi connectivity index (χ4n) is 2.29. The zero-order chi connectivity index (χ0) is 13.6. The van der Waals surface area contributed by atoms with Crippen molar-refractivity contribution < 1.29 is 9.47 Å². The van der Waals surface area contributed by atoms with Crippen LogP contribution in [0.1, 0.15) is 25.3 Å². The van der Waals surface area contributed by atoms with Crippen molar-refractivity contribution in [1.29, 1.82) is 0 Å². The fraction of sp³-hybridized carbons (Fsp3) is 0.500. The van der Waals surface area contributed by atoms with E-state index in [0.717, 1.165) is 43.9 Å². The Bertz CT molecular complexity index is 444. The minimum atomic E-state index is 0.0531. The number of hydrogen-bond donors (Lipinski definition) is 1. The molecule has 2 rings (SSSR count). The van der Waals surface area contributed by atoms with E-state index in [1.807, 2.05) is 18.2 Å². The summed E-state index contributed by atoms with van der Waals surface area (Å²) in [4.78, 5) is 0. The highest BCUT2D eigenvalue weighted by Crippen LogP contribution is 2.22. The summed E-state index contributed by atoms with van der Waals surface area (Å²) in [6.07, 6.45) is 7.48. The molecule has 1 heterocycles. The quantitative estimate of drug-likeness (QED) is 0.823. The number of para-hydroxylation sites is 1. The molecule has 1 aliphatic rings. The van der Waals surface area contributed by atoms with E-state index < -0.39 is 0 Å². The molecule has 0 spiro atoms. The molecule has 1 N–H and O–H groups in total. The summed E-state index contributed by atoms with van der Waals surface area (Å²) in [5, 5.41) is 3.57. The lowest BCUT2D eigenvalue weighted by molar-refractivity contribution is 0.0277. The Labute approximate surface area is 115 Å². The second-order valence-corrected chi connectivity index (χ2v) is 5.17. The van der Waals surface area contributed by atoms with Crippen LogP contribution >= 0.6 is 0 Å². The van der Waals surface area contributed by atoms with Gasteiger partial charge in [0.15, 0.2) is 0 Å². The van der Waals surface area contributed by atoms with Gasteiger partial charge < -0.3 is 14.8 Å². The van der Waals surface area contributed by atoms with Gasteiger partial charge in [-0.15, -0.1) is 6.42 Å². The Morgan fingerprint density at radius 2 is 2.32 bits per heavy atom. The third kappa shape index (κ3) is 3.99. The minimum Gasteiger partial charge on any atom is -0.481 e. The molecule has 0 aliphatic carbocycles. The number of terminal acetylenes is 1. The van der Waals surface area contributed by atoms with Crippen LogP contribution in [0.3, 0.4) is 0 Å². The van der Waals surface area contributed by atoms with Gasteiger partial charge in [-0.2, -0.15) is 0 Å². The molecule has 0 aromatic heterocycles. The first kappa shape index (κ1) is 13.9. The lowest BCUT2D eigenvalue weighted by Crippen LogP contribution is -2.48. The van der Waals surface area contributed by atoms with Crippen LogP contribution in [-0.2, 0) is 11.3 Å². The van der Waals surface area contributed by atoms with Gasteiger partial charge in [-0.25, -0.2) is 0 Å². The summed E-state index contributed by atoms with van der Waals surface area (Å²) in [5.74, 6) is 3.35. The van der Waals surface area contributed by atoms with Crippen molar-refractivity contribution in [1.82, 2.24) is 5.32 Å². The molecular formula is C16H21NO2. The highest BCUT2D eigenvalue weighted by molar-refractivity contribution is 5.33. The van der Waals surface area contributed by atoms with Gasteiger partial charge in [0, 0.05) is 24.3 Å². The summed E-state index contributed by atoms with van der Waals surface area (Å²) in [6, 6.07) is 7.99. The van der Waals surface area contributed by atoms with Crippen LogP contribution in [0.4, 0.5) is 0 Å². The smallest absolute Gasteiger partial charge is 0.148 e. The Morgan fingerprint density at radius 3 is 3.05 bits per heavy atom. The zero-order valence-corrected chi connectivity index (χ0v) is 11.4. The Morgan fingerprint density at radius 1 is 1.47 bits per heavy atom. The first-order chi connectivity index (χ1) is 9.23. The Kier molecular flexibility index (Phi) is 4.84. The van der Waals surface area contributed by atoms with Gasteiger partial charge in [0.25, 0.3) is 0 Å². The highest BCUT2D eigenvalue weighted by atomic mass is 16.5. The topological polar surface area (TPSA) is 30.5 Å². The van der Waals surface area contributed by atoms with Gasteiger partial charge in [-0.05, 0) is 25.8 Å². The molecule has 1 saturated heterocycles. The van der Waals surface area contributed by atoms with E-state index in [0.29, 0.717) is 6.61 Å². The molecule has 1 fully saturated rings. The molecule has 3 heteroatoms. The number of hydrogen-bond acceptors (Lipinski definition) is 3. The van der Waals surface area contributed by atoms with Crippen LogP contribution in [0, 0.1) is 12.3 Å². The van der Waals surface area contributed by atoms with E-state index in [4.69, 9.17) is 15.9 Å². The Balaban J connectivity index is 1.96. The van der Waals surface area contributed by atoms with E-state index in [1.54, 1.807) is 0 Å². The van der Waals surface area contributed by atoms with Crippen molar-refractivity contribution >= 4 is 0 Å². The zero-order valence-electron chi connectivity index (χ0n) is 11.4. The first-order valence-electron chi connectivity index (χ1n) is 6.70. The molecule has 0 amide bonds. The average molecular weight is 259 g/mol. The molecule has 1 aromatic carbocycles. The lowest BCUT2D eigenvalue weighted by atomic mass is 9.94. The summed E-state index contributed by atoms with van der Waals surface area (Å²) in [6.45, 7) is 4.91. The Hall–Kier alpha value is -1.50. The summed E-state index contributed by atoms with van der Waals surface area (Å²) < 4.78 is 11.1. The van der Waals surface area contributed by atoms with Crippen molar-refractivity contribution in [3.8, 4) is 18.1 Å². The van der Waals surface area contributed by atoms with E-state index in [1.165, 1.54) is 0 Å². The standard InChI is InChI=1S/C16H21NO2/c1-3-10-19-15-8-5-4-7-14(15)12-17-16(2)9-6-11-18-13-16/h1,4-5,7-8,17H,6,9-13H2,2H3. The van der Waals surface area contributed by atoms with Crippen molar-refractivity contribution in [3.63, 3.8) is 0 Å². The van der Waals surface area contributed by atoms with Crippen LogP contribution in [-0.4, -0.2) is 25.4 Å². The molecule has 1 atom stereocenters. The molecule has 3 nitrogen and oxygen atoms in total. The van der Waals surface area contributed by atoms with Gasteiger partial charge in [0.1, 0.15) is 12.4 Å². The largest absolute Gasteiger partial charge is 0.481 e. The van der Waals surface area contributed by atoms with Gasteiger partial charge >= 0.3 is 0 Å². The van der Waals surface area contributed by atoms with Crippen molar-refractivity contribution in [2.75, 3.05) is 19.8 Å². The number of benzene rings is 1. The van der Waals surface area contributed by atoms with E-state index in [-0.39, 0.29) is 5.54 Å². The van der Waals surface area contributed by atoms with Crippen LogP contribution in [0.2, 0.25) is 0 Å². The molecule has 1 aromatic rings. The monoisotopic (exact) mass is 259 g/mol. The summed E-state index contributed by atoms with van der Waals surface area (Å²) in [7, 11) is 0. The third-order valence-corrected chi connectivity index (χ3v) is 3.43. The maximum atomic E-state index is 5.55. The molecule has 0 saturated carbocycles. The summed E-state index contributed by atoms with van der Waals surface area (Å²) in [5.41, 5.74) is 1.18. The second kappa shape index (κ2) is 6.60. The van der Waals surface area contributed by atoms with Crippen LogP contribution < -0.4 is 10.1 Å². The minimum absolute atomic E-state index is 0.0531. The normalized spacial score (nSPS) is 22.7. The van der Waals surface area contributed by atoms with Gasteiger partial charge in [0.2, 0.25) is 0 Å². The lowest BCUT2D eigenvalue weighted by Gasteiger charge is -2.34. The van der Waals surface area contributed by atoms with Crippen LogP contribution in [0.25, 0.3) is 0 Å². The molecule has 1 aliphatic heterocycles. The van der Waals surface area contributed by atoms with Crippen molar-refractivity contribution in [3.05, 3.63) is 29.8 Å². The van der Waals surface area contributed by atoms with Gasteiger partial charge in [-0.1, -0.05) is 24.1 Å². The van der Waals surface area contributed by atoms with E-state index in [2.05, 4.69) is 24.2 Å². The molecule has 102 valence electrons. The molecular weight excluding hydrogens is 238 g/mol. The maximum Gasteiger partial charge on any atom is 0.148 e. The molecule has 19 heavy (non-hydrogen) atoms. The number of rotatable bonds is 5. The van der Waals surface area contributed by atoms with Gasteiger partial charge in [0.05, 0.1) is 6.61 Å². The fourth-order valence-corrected chi connectivity index (χ4v) is 2.29. The highest BCUT2D eigenvalue weighted by Gasteiger charge is 2.26. The predicted octanol–water partition coefficient (Wildman–Crippen LogP) is 2.36.